The van der Waals surface area contributed by atoms with Crippen molar-refractivity contribution in [2.24, 2.45) is 0 Å². The Kier molecular flexibility index (Phi) is 0.381. The van der Waals surface area contributed by atoms with Crippen LogP contribution in [0.4, 0.5) is 0 Å². The summed E-state index contributed by atoms with van der Waals surface area (Å²) in [5, 5.41) is 0. The SMILES string of the molecule is C#Cc1cc1=O. The number of rotatable bonds is 0. The first kappa shape index (κ1) is 3.17. The van der Waals surface area contributed by atoms with E-state index in [0.29, 0.717) is 5.56 Å². The van der Waals surface area contributed by atoms with Crippen molar-refractivity contribution in [3.8, 4) is 12.3 Å². The summed E-state index contributed by atoms with van der Waals surface area (Å²) >= 11 is 0. The molecule has 0 heterocycles. The van der Waals surface area contributed by atoms with Crippen LogP contribution < -0.4 is 5.43 Å². The van der Waals surface area contributed by atoms with Gasteiger partial charge in [-0.25, -0.2) is 0 Å². The van der Waals surface area contributed by atoms with Gasteiger partial charge in [-0.15, -0.1) is 6.42 Å². The summed E-state index contributed by atoms with van der Waals surface area (Å²) in [6, 6.07) is 1.43. The molecule has 0 amide bonds. The molecule has 0 saturated carbocycles. The zero-order valence-electron chi connectivity index (χ0n) is 3.06. The second-order valence-corrected chi connectivity index (χ2v) is 1.07. The summed E-state index contributed by atoms with van der Waals surface area (Å²) in [5.74, 6) is 2.20. The Morgan fingerprint density at radius 1 is 1.83 bits per heavy atom. The number of hydrogen-bond acceptors (Lipinski definition) is 1. The quantitative estimate of drug-likeness (QED) is 0.396. The molecule has 0 saturated heterocycles. The predicted molar refractivity (Wildman–Crippen MR) is 23.0 cm³/mol. The smallest absolute Gasteiger partial charge is 0.195 e. The van der Waals surface area contributed by atoms with Crippen LogP contribution in [0, 0.1) is 12.3 Å². The number of terminal acetylenes is 1. The minimum absolute atomic E-state index is 0.0116. The van der Waals surface area contributed by atoms with Crippen molar-refractivity contribution < 1.29 is 0 Å². The molecule has 0 spiro atoms. The van der Waals surface area contributed by atoms with Crippen LogP contribution in [-0.2, 0) is 0 Å². The second-order valence-electron chi connectivity index (χ2n) is 1.07. The molecule has 0 unspecified atom stereocenters. The summed E-state index contributed by atoms with van der Waals surface area (Å²) in [7, 11) is 0. The van der Waals surface area contributed by atoms with Gasteiger partial charge in [0.05, 0.1) is 5.56 Å². The molecule has 28 valence electrons. The van der Waals surface area contributed by atoms with E-state index in [-0.39, 0.29) is 5.43 Å². The van der Waals surface area contributed by atoms with Crippen molar-refractivity contribution in [2.75, 3.05) is 0 Å². The Morgan fingerprint density at radius 2 is 2.33 bits per heavy atom. The molecule has 0 aromatic heterocycles. The van der Waals surface area contributed by atoms with Gasteiger partial charge in [0, 0.05) is 6.07 Å². The molecule has 0 atom stereocenters. The first-order valence-corrected chi connectivity index (χ1v) is 1.57. The molecular formula is C5H2O. The van der Waals surface area contributed by atoms with Crippen LogP contribution in [0.5, 0.6) is 0 Å². The molecule has 0 aliphatic heterocycles. The Labute approximate surface area is 35.3 Å². The molecule has 1 heteroatoms. The average molecular weight is 78.1 g/mol. The molecule has 1 aromatic rings. The van der Waals surface area contributed by atoms with E-state index in [1.54, 1.807) is 0 Å². The molecule has 1 aromatic carbocycles. The van der Waals surface area contributed by atoms with Crippen LogP contribution in [0.2, 0.25) is 0 Å². The van der Waals surface area contributed by atoms with E-state index in [2.05, 4.69) is 5.92 Å². The third kappa shape index (κ3) is 0.237. The van der Waals surface area contributed by atoms with Gasteiger partial charge in [0.2, 0.25) is 0 Å². The normalized spacial score (nSPS) is 8.50. The van der Waals surface area contributed by atoms with Crippen LogP contribution in [0.15, 0.2) is 10.9 Å². The van der Waals surface area contributed by atoms with E-state index in [4.69, 9.17) is 6.42 Å². The fraction of sp³-hybridized carbons (Fsp3) is 0. The lowest BCUT2D eigenvalue weighted by Gasteiger charge is -1.44. The monoisotopic (exact) mass is 78.0 g/mol. The molecule has 1 rings (SSSR count). The van der Waals surface area contributed by atoms with Crippen molar-refractivity contribution in [3.05, 3.63) is 21.9 Å². The highest BCUT2D eigenvalue weighted by Crippen LogP contribution is 1.86. The third-order valence-corrected chi connectivity index (χ3v) is 0.613. The predicted octanol–water partition coefficient (Wildman–Crippen LogP) is -0.0963. The van der Waals surface area contributed by atoms with Crippen LogP contribution >= 0.6 is 0 Å². The first-order chi connectivity index (χ1) is 2.84. The van der Waals surface area contributed by atoms with Gasteiger partial charge in [-0.2, -0.15) is 0 Å². The maximum atomic E-state index is 9.88. The summed E-state index contributed by atoms with van der Waals surface area (Å²) in [5.41, 5.74) is 0.535. The summed E-state index contributed by atoms with van der Waals surface area (Å²) in [4.78, 5) is 9.88. The van der Waals surface area contributed by atoms with Crippen molar-refractivity contribution in [2.45, 2.75) is 0 Å². The lowest BCUT2D eigenvalue weighted by molar-refractivity contribution is 1.98. The van der Waals surface area contributed by atoms with Gasteiger partial charge in [0.1, 0.15) is 0 Å². The van der Waals surface area contributed by atoms with Crippen LogP contribution in [-0.4, -0.2) is 0 Å². The van der Waals surface area contributed by atoms with Crippen molar-refractivity contribution in [1.29, 1.82) is 0 Å². The highest BCUT2D eigenvalue weighted by Gasteiger charge is 2.00. The topological polar surface area (TPSA) is 17.1 Å². The molecule has 0 N–H and O–H groups in total. The van der Waals surface area contributed by atoms with E-state index in [0.717, 1.165) is 0 Å². The highest BCUT2D eigenvalue weighted by molar-refractivity contribution is 5.39. The lowest BCUT2D eigenvalue weighted by atomic mass is 10.6. The largest absolute Gasteiger partial charge is 0.289 e. The molecule has 1 nitrogen and oxygen atoms in total. The molecular weight excluding hydrogens is 76.1 g/mol. The van der Waals surface area contributed by atoms with Gasteiger partial charge in [-0.05, 0) is 0 Å². The highest BCUT2D eigenvalue weighted by atomic mass is 16.1. The molecule has 0 fully saturated rings. The standard InChI is InChI=1S/C5H2O/c1-2-4-3-5(4)6/h1,3H. The fourth-order valence-corrected chi connectivity index (χ4v) is 0.208. The summed E-state index contributed by atoms with van der Waals surface area (Å²) in [6.07, 6.45) is 4.79. The minimum Gasteiger partial charge on any atom is -0.289 e. The minimum atomic E-state index is 0.0116. The van der Waals surface area contributed by atoms with Gasteiger partial charge in [0.15, 0.2) is 5.43 Å². The molecule has 6 heavy (non-hydrogen) atoms. The maximum Gasteiger partial charge on any atom is 0.195 e. The Bertz CT molecular complexity index is 195. The van der Waals surface area contributed by atoms with Gasteiger partial charge in [-0.3, -0.25) is 4.79 Å². The van der Waals surface area contributed by atoms with Crippen molar-refractivity contribution >= 4 is 0 Å². The molecule has 0 aliphatic carbocycles. The average Bonchev–Trinajstić information content (AvgIpc) is 2.19. The Balaban J connectivity index is 3.04. The Morgan fingerprint density at radius 3 is 2.33 bits per heavy atom. The van der Waals surface area contributed by atoms with E-state index in [9.17, 15) is 4.79 Å². The van der Waals surface area contributed by atoms with Gasteiger partial charge >= 0.3 is 0 Å². The lowest BCUT2D eigenvalue weighted by Crippen LogP contribution is -1.70. The van der Waals surface area contributed by atoms with Crippen LogP contribution in [0.25, 0.3) is 0 Å². The number of hydrogen-bond donors (Lipinski definition) is 0. The van der Waals surface area contributed by atoms with E-state index >= 15 is 0 Å². The van der Waals surface area contributed by atoms with Crippen LogP contribution in [0.3, 0.4) is 0 Å². The summed E-state index contributed by atoms with van der Waals surface area (Å²) < 4.78 is 0. The maximum absolute atomic E-state index is 9.88. The molecule has 0 bridgehead atoms. The van der Waals surface area contributed by atoms with E-state index < -0.39 is 0 Å². The first-order valence-electron chi connectivity index (χ1n) is 1.57. The second kappa shape index (κ2) is 0.721. The third-order valence-electron chi connectivity index (χ3n) is 0.613. The zero-order chi connectivity index (χ0) is 4.57. The van der Waals surface area contributed by atoms with Gasteiger partial charge in [0.25, 0.3) is 0 Å². The summed E-state index contributed by atoms with van der Waals surface area (Å²) in [6.45, 7) is 0. The van der Waals surface area contributed by atoms with E-state index in [1.807, 2.05) is 0 Å². The van der Waals surface area contributed by atoms with Gasteiger partial charge in [-0.1, -0.05) is 5.92 Å². The fourth-order valence-electron chi connectivity index (χ4n) is 0.208. The molecule has 0 radical (unpaired) electrons. The van der Waals surface area contributed by atoms with Crippen molar-refractivity contribution in [1.82, 2.24) is 0 Å². The van der Waals surface area contributed by atoms with Gasteiger partial charge < -0.3 is 0 Å². The van der Waals surface area contributed by atoms with Crippen LogP contribution in [0.1, 0.15) is 5.56 Å². The molecule has 0 aliphatic rings. The Hall–Kier alpha value is -1.03. The zero-order valence-corrected chi connectivity index (χ0v) is 3.06. The van der Waals surface area contributed by atoms with Crippen molar-refractivity contribution in [3.63, 3.8) is 0 Å². The van der Waals surface area contributed by atoms with E-state index in [1.165, 1.54) is 6.07 Å².